The van der Waals surface area contributed by atoms with Gasteiger partial charge >= 0.3 is 0 Å². The minimum atomic E-state index is 0.147. The Labute approximate surface area is 160 Å². The molecule has 1 aromatic carbocycles. The molecule has 1 aromatic heterocycles. The third-order valence-electron chi connectivity index (χ3n) is 5.71. The van der Waals surface area contributed by atoms with Crippen LogP contribution in [0.5, 0.6) is 0 Å². The van der Waals surface area contributed by atoms with Crippen LogP contribution in [0.1, 0.15) is 61.5 Å². The second-order valence-electron chi connectivity index (χ2n) is 7.53. The van der Waals surface area contributed by atoms with Crippen molar-refractivity contribution in [1.29, 1.82) is 0 Å². The van der Waals surface area contributed by atoms with E-state index in [1.807, 2.05) is 24.3 Å². The summed E-state index contributed by atoms with van der Waals surface area (Å²) >= 11 is 5.97. The molecular formula is C22H25ClN2O. The molecule has 3 nitrogen and oxygen atoms in total. The molecule has 2 aromatic rings. The number of nitrogens with zero attached hydrogens (tertiary/aromatic N) is 2. The maximum absolute atomic E-state index is 12.9. The quantitative estimate of drug-likeness (QED) is 0.744. The van der Waals surface area contributed by atoms with E-state index >= 15 is 0 Å². The molecule has 1 amide bonds. The smallest absolute Gasteiger partial charge is 0.226 e. The van der Waals surface area contributed by atoms with Crippen molar-refractivity contribution >= 4 is 17.5 Å². The topological polar surface area (TPSA) is 33.2 Å². The molecule has 1 saturated heterocycles. The maximum Gasteiger partial charge on any atom is 0.226 e. The van der Waals surface area contributed by atoms with Gasteiger partial charge in [0.2, 0.25) is 5.91 Å². The Morgan fingerprint density at radius 1 is 1.04 bits per heavy atom. The van der Waals surface area contributed by atoms with Crippen molar-refractivity contribution in [2.24, 2.45) is 5.92 Å². The Hall–Kier alpha value is -1.87. The van der Waals surface area contributed by atoms with Gasteiger partial charge in [0.25, 0.3) is 0 Å². The largest absolute Gasteiger partial charge is 0.334 e. The Bertz CT molecular complexity index is 768. The Balaban J connectivity index is 1.51. The van der Waals surface area contributed by atoms with Crippen molar-refractivity contribution in [2.75, 3.05) is 6.54 Å². The van der Waals surface area contributed by atoms with Gasteiger partial charge < -0.3 is 4.90 Å². The van der Waals surface area contributed by atoms with Crippen LogP contribution >= 0.6 is 11.6 Å². The zero-order valence-electron chi connectivity index (χ0n) is 15.0. The summed E-state index contributed by atoms with van der Waals surface area (Å²) in [5.74, 6) is 0.600. The molecule has 0 radical (unpaired) electrons. The number of amides is 1. The Kier molecular flexibility index (Phi) is 5.26. The van der Waals surface area contributed by atoms with Gasteiger partial charge in [-0.25, -0.2) is 0 Å². The van der Waals surface area contributed by atoms with E-state index in [-0.39, 0.29) is 12.0 Å². The fourth-order valence-corrected chi connectivity index (χ4v) is 4.46. The summed E-state index contributed by atoms with van der Waals surface area (Å²) in [5.41, 5.74) is 3.29. The summed E-state index contributed by atoms with van der Waals surface area (Å²) in [7, 11) is 0. The van der Waals surface area contributed by atoms with Gasteiger partial charge in [-0.1, -0.05) is 42.6 Å². The molecule has 1 aliphatic carbocycles. The molecule has 136 valence electrons. The van der Waals surface area contributed by atoms with Crippen molar-refractivity contribution in [1.82, 2.24) is 9.88 Å². The minimum absolute atomic E-state index is 0.147. The van der Waals surface area contributed by atoms with Crippen molar-refractivity contribution in [3.8, 4) is 0 Å². The number of hydrogen-bond donors (Lipinski definition) is 0. The minimum Gasteiger partial charge on any atom is -0.334 e. The van der Waals surface area contributed by atoms with Crippen molar-refractivity contribution < 1.29 is 4.79 Å². The number of halogens is 1. The summed E-state index contributed by atoms with van der Waals surface area (Å²) < 4.78 is 0. The molecule has 0 N–H and O–H groups in total. The highest BCUT2D eigenvalue weighted by molar-refractivity contribution is 6.30. The summed E-state index contributed by atoms with van der Waals surface area (Å²) in [4.78, 5) is 19.9. The monoisotopic (exact) mass is 368 g/mol. The number of carbonyl (C=O) groups is 1. The fraction of sp³-hybridized carbons (Fsp3) is 0.455. The highest BCUT2D eigenvalue weighted by atomic mass is 35.5. The van der Waals surface area contributed by atoms with E-state index in [1.165, 1.54) is 18.4 Å². The predicted octanol–water partition coefficient (Wildman–Crippen LogP) is 5.18. The number of hydrogen-bond acceptors (Lipinski definition) is 2. The number of likely N-dealkylation sites (tertiary alicyclic amines) is 1. The molecule has 0 unspecified atom stereocenters. The number of aromatic nitrogens is 1. The number of benzene rings is 1. The lowest BCUT2D eigenvalue weighted by atomic mass is 10.0. The standard InChI is InChI=1S/C22H25ClN2O/c23-18-12-10-16(11-13-18)15-19-7-3-8-20(24-19)21-9-4-14-25(21)22(26)17-5-1-2-6-17/h3,7-8,10-13,17,21H,1-2,4-6,9,14-15H2/t21-/m1/s1. The van der Waals surface area contributed by atoms with E-state index in [4.69, 9.17) is 16.6 Å². The lowest BCUT2D eigenvalue weighted by molar-refractivity contribution is -0.136. The number of rotatable bonds is 4. The van der Waals surface area contributed by atoms with E-state index in [2.05, 4.69) is 23.1 Å². The van der Waals surface area contributed by atoms with Crippen LogP contribution in [0.25, 0.3) is 0 Å². The number of carbonyl (C=O) groups excluding carboxylic acids is 1. The average Bonchev–Trinajstić information content (AvgIpc) is 3.35. The average molecular weight is 369 g/mol. The molecule has 2 fully saturated rings. The fourth-order valence-electron chi connectivity index (χ4n) is 4.34. The Morgan fingerprint density at radius 2 is 1.81 bits per heavy atom. The molecule has 0 spiro atoms. The summed E-state index contributed by atoms with van der Waals surface area (Å²) in [6.07, 6.45) is 7.40. The van der Waals surface area contributed by atoms with E-state index in [9.17, 15) is 4.79 Å². The highest BCUT2D eigenvalue weighted by Crippen LogP contribution is 2.35. The van der Waals surface area contributed by atoms with Gasteiger partial charge in [0.1, 0.15) is 0 Å². The SMILES string of the molecule is O=C(C1CCCC1)N1CCC[C@@H]1c1cccc(Cc2ccc(Cl)cc2)n1. The second-order valence-corrected chi connectivity index (χ2v) is 7.96. The molecule has 1 saturated carbocycles. The van der Waals surface area contributed by atoms with Crippen LogP contribution in [-0.2, 0) is 11.2 Å². The summed E-state index contributed by atoms with van der Waals surface area (Å²) in [6.45, 7) is 0.878. The normalized spacial score (nSPS) is 20.7. The van der Waals surface area contributed by atoms with Gasteiger partial charge in [-0.15, -0.1) is 0 Å². The van der Waals surface area contributed by atoms with Crippen LogP contribution in [-0.4, -0.2) is 22.3 Å². The molecule has 26 heavy (non-hydrogen) atoms. The van der Waals surface area contributed by atoms with Crippen LogP contribution in [0.15, 0.2) is 42.5 Å². The van der Waals surface area contributed by atoms with E-state index in [1.54, 1.807) is 0 Å². The molecular weight excluding hydrogens is 344 g/mol. The van der Waals surface area contributed by atoms with Gasteiger partial charge in [0, 0.05) is 29.6 Å². The Morgan fingerprint density at radius 3 is 2.58 bits per heavy atom. The molecule has 1 aliphatic heterocycles. The van der Waals surface area contributed by atoms with Crippen LogP contribution < -0.4 is 0 Å². The zero-order valence-corrected chi connectivity index (χ0v) is 15.8. The first kappa shape index (κ1) is 17.5. The van der Waals surface area contributed by atoms with Crippen molar-refractivity contribution in [3.63, 3.8) is 0 Å². The predicted molar refractivity (Wildman–Crippen MR) is 104 cm³/mol. The van der Waals surface area contributed by atoms with E-state index < -0.39 is 0 Å². The van der Waals surface area contributed by atoms with Gasteiger partial charge in [-0.3, -0.25) is 9.78 Å². The van der Waals surface area contributed by atoms with Crippen LogP contribution in [0.3, 0.4) is 0 Å². The van der Waals surface area contributed by atoms with Gasteiger partial charge in [-0.2, -0.15) is 0 Å². The third-order valence-corrected chi connectivity index (χ3v) is 5.96. The zero-order chi connectivity index (χ0) is 17.9. The summed E-state index contributed by atoms with van der Waals surface area (Å²) in [6, 6.07) is 14.3. The molecule has 2 heterocycles. The molecule has 4 rings (SSSR count). The van der Waals surface area contributed by atoms with Crippen LogP contribution in [0.4, 0.5) is 0 Å². The first-order chi connectivity index (χ1) is 12.7. The van der Waals surface area contributed by atoms with E-state index in [0.29, 0.717) is 5.91 Å². The van der Waals surface area contributed by atoms with E-state index in [0.717, 1.165) is 55.1 Å². The lowest BCUT2D eigenvalue weighted by Crippen LogP contribution is -2.35. The molecule has 1 atom stereocenters. The van der Waals surface area contributed by atoms with Gasteiger partial charge in [0.15, 0.2) is 0 Å². The lowest BCUT2D eigenvalue weighted by Gasteiger charge is -2.27. The van der Waals surface area contributed by atoms with Crippen LogP contribution in [0, 0.1) is 5.92 Å². The first-order valence-corrected chi connectivity index (χ1v) is 10.1. The first-order valence-electron chi connectivity index (χ1n) is 9.71. The van der Waals surface area contributed by atoms with Crippen molar-refractivity contribution in [3.05, 3.63) is 64.4 Å². The second kappa shape index (κ2) is 7.79. The molecule has 2 aliphatic rings. The third kappa shape index (κ3) is 3.78. The van der Waals surface area contributed by atoms with Crippen LogP contribution in [0.2, 0.25) is 5.02 Å². The molecule has 0 bridgehead atoms. The van der Waals surface area contributed by atoms with Gasteiger partial charge in [0.05, 0.1) is 11.7 Å². The van der Waals surface area contributed by atoms with Crippen molar-refractivity contribution in [2.45, 2.75) is 51.0 Å². The highest BCUT2D eigenvalue weighted by Gasteiger charge is 2.35. The number of pyridine rings is 1. The van der Waals surface area contributed by atoms with Gasteiger partial charge in [-0.05, 0) is 55.5 Å². The molecule has 4 heteroatoms. The summed E-state index contributed by atoms with van der Waals surface area (Å²) in [5, 5.41) is 0.752. The maximum atomic E-state index is 12.9.